The number of aryl methyl sites for hydroxylation is 5. The average molecular weight is 479 g/mol. The van der Waals surface area contributed by atoms with E-state index in [1.807, 2.05) is 65.8 Å². The first-order valence-electron chi connectivity index (χ1n) is 11.3. The molecule has 0 radical (unpaired) electrons. The van der Waals surface area contributed by atoms with E-state index in [2.05, 4.69) is 20.4 Å². The lowest BCUT2D eigenvalue weighted by Gasteiger charge is -2.23. The summed E-state index contributed by atoms with van der Waals surface area (Å²) in [4.78, 5) is 37.0. The van der Waals surface area contributed by atoms with Gasteiger partial charge in [0.05, 0.1) is 18.0 Å². The van der Waals surface area contributed by atoms with Crippen molar-refractivity contribution in [2.45, 2.75) is 54.0 Å². The normalized spacial score (nSPS) is 15.6. The maximum Gasteiger partial charge on any atom is 0.251 e. The Labute approximate surface area is 204 Å². The van der Waals surface area contributed by atoms with Crippen LogP contribution in [0.2, 0.25) is 0 Å². The van der Waals surface area contributed by atoms with Crippen molar-refractivity contribution in [3.05, 3.63) is 63.7 Å². The van der Waals surface area contributed by atoms with Crippen LogP contribution in [0.1, 0.15) is 39.5 Å². The lowest BCUT2D eigenvalue weighted by Crippen LogP contribution is -2.45. The van der Waals surface area contributed by atoms with Crippen LogP contribution in [-0.2, 0) is 16.0 Å². The van der Waals surface area contributed by atoms with E-state index < -0.39 is 6.04 Å². The van der Waals surface area contributed by atoms with Crippen LogP contribution in [0.3, 0.4) is 0 Å². The highest BCUT2D eigenvalue weighted by Crippen LogP contribution is 2.25. The minimum atomic E-state index is -0.502. The highest BCUT2D eigenvalue weighted by molar-refractivity contribution is 7.99. The van der Waals surface area contributed by atoms with Gasteiger partial charge < -0.3 is 10.2 Å². The second-order valence-corrected chi connectivity index (χ2v) is 9.86. The molecule has 1 aliphatic rings. The Bertz CT molecular complexity index is 1250. The predicted octanol–water partition coefficient (Wildman–Crippen LogP) is 3.60. The van der Waals surface area contributed by atoms with E-state index >= 15 is 0 Å². The highest BCUT2D eigenvalue weighted by atomic mass is 32.2. The summed E-state index contributed by atoms with van der Waals surface area (Å²) in [5.74, 6) is 1.33. The van der Waals surface area contributed by atoms with Crippen molar-refractivity contribution < 1.29 is 9.59 Å². The summed E-state index contributed by atoms with van der Waals surface area (Å²) in [5, 5.41) is 7.58. The van der Waals surface area contributed by atoms with Crippen LogP contribution in [-0.4, -0.2) is 54.1 Å². The fourth-order valence-corrected chi connectivity index (χ4v) is 5.31. The molecular weight excluding hydrogens is 448 g/mol. The van der Waals surface area contributed by atoms with E-state index in [4.69, 9.17) is 0 Å². The topological polar surface area (TPSA) is 93.0 Å². The number of benzene rings is 1. The number of anilines is 1. The van der Waals surface area contributed by atoms with Gasteiger partial charge in [-0.05, 0) is 70.9 Å². The zero-order valence-corrected chi connectivity index (χ0v) is 21.3. The molecule has 0 bridgehead atoms. The Kier molecular flexibility index (Phi) is 6.74. The summed E-state index contributed by atoms with van der Waals surface area (Å²) in [6.07, 6.45) is 0.177. The molecule has 34 heavy (non-hydrogen) atoms. The largest absolute Gasteiger partial charge is 0.324 e. The maximum atomic E-state index is 13.3. The van der Waals surface area contributed by atoms with Crippen LogP contribution >= 0.6 is 11.8 Å². The molecule has 178 valence electrons. The van der Waals surface area contributed by atoms with E-state index in [9.17, 15) is 9.59 Å². The summed E-state index contributed by atoms with van der Waals surface area (Å²) >= 11 is 1.59. The lowest BCUT2D eigenvalue weighted by atomic mass is 10.1. The molecule has 1 fully saturated rings. The van der Waals surface area contributed by atoms with Crippen molar-refractivity contribution in [2.24, 2.45) is 0 Å². The zero-order chi connectivity index (χ0) is 24.6. The molecule has 3 aromatic rings. The average Bonchev–Trinajstić information content (AvgIpc) is 3.36. The van der Waals surface area contributed by atoms with Gasteiger partial charge in [0.1, 0.15) is 6.04 Å². The number of hydrogen-bond acceptors (Lipinski definition) is 6. The van der Waals surface area contributed by atoms with Crippen molar-refractivity contribution in [3.8, 4) is 5.95 Å². The first-order valence-corrected chi connectivity index (χ1v) is 12.4. The molecule has 3 heterocycles. The molecule has 9 heteroatoms. The quantitative estimate of drug-likeness (QED) is 0.602. The Morgan fingerprint density at radius 2 is 1.74 bits per heavy atom. The Hall–Kier alpha value is -3.20. The van der Waals surface area contributed by atoms with Gasteiger partial charge in [0.15, 0.2) is 0 Å². The van der Waals surface area contributed by atoms with E-state index in [0.29, 0.717) is 17.6 Å². The monoisotopic (exact) mass is 478 g/mol. The van der Waals surface area contributed by atoms with E-state index in [0.717, 1.165) is 39.6 Å². The van der Waals surface area contributed by atoms with Gasteiger partial charge in [0, 0.05) is 34.1 Å². The smallest absolute Gasteiger partial charge is 0.251 e. The van der Waals surface area contributed by atoms with Crippen molar-refractivity contribution in [2.75, 3.05) is 16.9 Å². The third-order valence-electron chi connectivity index (χ3n) is 6.21. The van der Waals surface area contributed by atoms with Crippen LogP contribution in [0.5, 0.6) is 0 Å². The van der Waals surface area contributed by atoms with Crippen molar-refractivity contribution in [1.29, 1.82) is 0 Å². The highest BCUT2D eigenvalue weighted by Gasteiger charge is 2.35. The number of nitrogens with zero attached hydrogens (tertiary/aromatic N) is 5. The standard InChI is InChI=1S/C25H30N6O2S/c1-14-7-8-20(9-15(14)2)28-24(33)22-12-34-13-30(22)23(32)11-21-18(5)29-31(19(21)6)25-26-16(3)10-17(4)27-25/h7-10,22H,11-13H2,1-6H3,(H,28,33). The van der Waals surface area contributed by atoms with E-state index in [1.54, 1.807) is 21.3 Å². The Morgan fingerprint density at radius 1 is 1.03 bits per heavy atom. The molecule has 8 nitrogen and oxygen atoms in total. The van der Waals surface area contributed by atoms with Gasteiger partial charge in [-0.15, -0.1) is 11.8 Å². The first-order chi connectivity index (χ1) is 16.1. The van der Waals surface area contributed by atoms with Gasteiger partial charge in [-0.25, -0.2) is 14.6 Å². The molecule has 1 aliphatic heterocycles. The second-order valence-electron chi connectivity index (χ2n) is 8.86. The van der Waals surface area contributed by atoms with E-state index in [1.165, 1.54) is 5.56 Å². The molecule has 1 aromatic carbocycles. The summed E-state index contributed by atoms with van der Waals surface area (Å²) < 4.78 is 1.70. The third kappa shape index (κ3) is 4.84. The number of hydrogen-bond donors (Lipinski definition) is 1. The molecule has 2 aromatic heterocycles. The number of rotatable bonds is 5. The molecule has 1 unspecified atom stereocenters. The second kappa shape index (κ2) is 9.58. The van der Waals surface area contributed by atoms with Crippen LogP contribution < -0.4 is 5.32 Å². The minimum Gasteiger partial charge on any atom is -0.324 e. The molecular formula is C25H30N6O2S. The van der Waals surface area contributed by atoms with Crippen LogP contribution in [0, 0.1) is 41.5 Å². The fourth-order valence-electron chi connectivity index (χ4n) is 4.13. The third-order valence-corrected chi connectivity index (χ3v) is 7.22. The van der Waals surface area contributed by atoms with Crippen molar-refractivity contribution in [1.82, 2.24) is 24.6 Å². The van der Waals surface area contributed by atoms with Crippen molar-refractivity contribution in [3.63, 3.8) is 0 Å². The van der Waals surface area contributed by atoms with Crippen LogP contribution in [0.15, 0.2) is 24.3 Å². The van der Waals surface area contributed by atoms with Gasteiger partial charge in [0.25, 0.3) is 5.95 Å². The SMILES string of the molecule is Cc1cc(C)nc(-n2nc(C)c(CC(=O)N3CSCC3C(=O)Nc3ccc(C)c(C)c3)c2C)n1. The number of carbonyl (C=O) groups excluding carboxylic acids is 2. The molecule has 0 spiro atoms. The van der Waals surface area contributed by atoms with E-state index in [-0.39, 0.29) is 18.2 Å². The van der Waals surface area contributed by atoms with Gasteiger partial charge in [-0.3, -0.25) is 9.59 Å². The molecule has 0 saturated carbocycles. The summed E-state index contributed by atoms with van der Waals surface area (Å²) in [6.45, 7) is 11.7. The van der Waals surface area contributed by atoms with Crippen LogP contribution in [0.25, 0.3) is 5.95 Å². The van der Waals surface area contributed by atoms with Gasteiger partial charge in [-0.2, -0.15) is 5.10 Å². The Balaban J connectivity index is 1.51. The maximum absolute atomic E-state index is 13.3. The molecule has 4 rings (SSSR count). The lowest BCUT2D eigenvalue weighted by molar-refractivity contribution is -0.135. The fraction of sp³-hybridized carbons (Fsp3) is 0.400. The summed E-state index contributed by atoms with van der Waals surface area (Å²) in [7, 11) is 0. The van der Waals surface area contributed by atoms with Crippen molar-refractivity contribution >= 4 is 29.3 Å². The Morgan fingerprint density at radius 3 is 2.41 bits per heavy atom. The minimum absolute atomic E-state index is 0.0858. The number of nitrogens with one attached hydrogen (secondary N) is 1. The summed E-state index contributed by atoms with van der Waals surface area (Å²) in [5.41, 5.74) is 7.19. The molecule has 0 aliphatic carbocycles. The number of thioether (sulfide) groups is 1. The summed E-state index contributed by atoms with van der Waals surface area (Å²) in [6, 6.07) is 7.24. The van der Waals surface area contributed by atoms with Gasteiger partial charge >= 0.3 is 0 Å². The molecule has 1 N–H and O–H groups in total. The molecule has 1 saturated heterocycles. The number of aromatic nitrogens is 4. The number of carbonyl (C=O) groups is 2. The van der Waals surface area contributed by atoms with Gasteiger partial charge in [-0.1, -0.05) is 6.07 Å². The predicted molar refractivity (Wildman–Crippen MR) is 134 cm³/mol. The molecule has 2 amide bonds. The first kappa shape index (κ1) is 23.9. The van der Waals surface area contributed by atoms with Gasteiger partial charge in [0.2, 0.25) is 11.8 Å². The zero-order valence-electron chi connectivity index (χ0n) is 20.5. The van der Waals surface area contributed by atoms with Crippen LogP contribution in [0.4, 0.5) is 5.69 Å². The molecule has 1 atom stereocenters. The number of amides is 2.